The fraction of sp³-hybridized carbons (Fsp3) is 0.333. The molecule has 1 aliphatic rings. The van der Waals surface area contributed by atoms with Gasteiger partial charge in [0.2, 0.25) is 0 Å². The first-order valence-electron chi connectivity index (χ1n) is 6.45. The Morgan fingerprint density at radius 3 is 2.47 bits per heavy atom. The Morgan fingerprint density at radius 1 is 1.16 bits per heavy atom. The summed E-state index contributed by atoms with van der Waals surface area (Å²) in [5.74, 6) is 0.855. The molecule has 1 fully saturated rings. The summed E-state index contributed by atoms with van der Waals surface area (Å²) in [4.78, 5) is 8.34. The predicted octanol–water partition coefficient (Wildman–Crippen LogP) is 2.41. The maximum Gasteiger partial charge on any atom is 0.123 e. The van der Waals surface area contributed by atoms with E-state index in [4.69, 9.17) is 4.74 Å². The molecule has 0 amide bonds. The highest BCUT2D eigenvalue weighted by molar-refractivity contribution is 5.32. The molecule has 1 N–H and O–H groups in total. The molecule has 0 saturated heterocycles. The number of aryl methyl sites for hydroxylation is 1. The van der Waals surface area contributed by atoms with Crippen LogP contribution in [0.1, 0.15) is 35.9 Å². The molecule has 4 heteroatoms. The standard InChI is InChI=1S/C15H16N2O2/c1-10-8-17-14(9-16-10)15(18)11-2-4-12(5-3-11)19-13-6-7-13/h2-5,8-9,13,15,18H,6-7H2,1H3. The third kappa shape index (κ3) is 2.90. The van der Waals surface area contributed by atoms with Crippen LogP contribution in [0.3, 0.4) is 0 Å². The molecular formula is C15H16N2O2. The zero-order chi connectivity index (χ0) is 13.2. The van der Waals surface area contributed by atoms with Crippen LogP contribution in [0.4, 0.5) is 0 Å². The lowest BCUT2D eigenvalue weighted by Crippen LogP contribution is -2.03. The van der Waals surface area contributed by atoms with Crippen molar-refractivity contribution in [1.82, 2.24) is 9.97 Å². The van der Waals surface area contributed by atoms with Crippen molar-refractivity contribution in [2.45, 2.75) is 32.0 Å². The monoisotopic (exact) mass is 256 g/mol. The van der Waals surface area contributed by atoms with Gasteiger partial charge in [-0.1, -0.05) is 12.1 Å². The van der Waals surface area contributed by atoms with E-state index in [0.29, 0.717) is 11.8 Å². The summed E-state index contributed by atoms with van der Waals surface area (Å²) >= 11 is 0. The van der Waals surface area contributed by atoms with Gasteiger partial charge in [0.15, 0.2) is 0 Å². The van der Waals surface area contributed by atoms with E-state index in [1.165, 1.54) is 0 Å². The van der Waals surface area contributed by atoms with E-state index in [0.717, 1.165) is 29.8 Å². The molecule has 0 radical (unpaired) electrons. The summed E-state index contributed by atoms with van der Waals surface area (Å²) < 4.78 is 5.67. The minimum Gasteiger partial charge on any atom is -0.490 e. The second-order valence-corrected chi connectivity index (χ2v) is 4.87. The number of aromatic nitrogens is 2. The van der Waals surface area contributed by atoms with E-state index in [1.54, 1.807) is 12.4 Å². The Kier molecular flexibility index (Phi) is 3.17. The van der Waals surface area contributed by atoms with Crippen molar-refractivity contribution in [1.29, 1.82) is 0 Å². The summed E-state index contributed by atoms with van der Waals surface area (Å²) in [6.45, 7) is 1.87. The molecule has 1 heterocycles. The van der Waals surface area contributed by atoms with Crippen molar-refractivity contribution in [3.63, 3.8) is 0 Å². The normalized spacial score (nSPS) is 16.1. The first kappa shape index (κ1) is 12.1. The van der Waals surface area contributed by atoms with Crippen molar-refractivity contribution in [3.05, 3.63) is 53.6 Å². The SMILES string of the molecule is Cc1cnc(C(O)c2ccc(OC3CC3)cc2)cn1. The van der Waals surface area contributed by atoms with Crippen LogP contribution in [0.5, 0.6) is 5.75 Å². The highest BCUT2D eigenvalue weighted by Gasteiger charge is 2.23. The molecule has 1 saturated carbocycles. The van der Waals surface area contributed by atoms with Crippen molar-refractivity contribution in [2.24, 2.45) is 0 Å². The Morgan fingerprint density at radius 2 is 1.89 bits per heavy atom. The van der Waals surface area contributed by atoms with Gasteiger partial charge in [-0.05, 0) is 37.5 Å². The van der Waals surface area contributed by atoms with E-state index < -0.39 is 6.10 Å². The molecule has 0 aliphatic heterocycles. The number of aliphatic hydroxyl groups is 1. The van der Waals surface area contributed by atoms with Gasteiger partial charge in [-0.3, -0.25) is 9.97 Å². The Labute approximate surface area is 112 Å². The van der Waals surface area contributed by atoms with Gasteiger partial charge in [0.1, 0.15) is 11.9 Å². The molecule has 3 rings (SSSR count). The highest BCUT2D eigenvalue weighted by Crippen LogP contribution is 2.28. The van der Waals surface area contributed by atoms with Crippen LogP contribution < -0.4 is 4.74 Å². The minimum atomic E-state index is -0.747. The molecule has 0 spiro atoms. The summed E-state index contributed by atoms with van der Waals surface area (Å²) in [6, 6.07) is 7.50. The molecule has 19 heavy (non-hydrogen) atoms. The number of rotatable bonds is 4. The zero-order valence-electron chi connectivity index (χ0n) is 10.8. The van der Waals surface area contributed by atoms with Crippen molar-refractivity contribution in [2.75, 3.05) is 0 Å². The van der Waals surface area contributed by atoms with E-state index >= 15 is 0 Å². The second kappa shape index (κ2) is 4.97. The average Bonchev–Trinajstić information content (AvgIpc) is 3.24. The molecular weight excluding hydrogens is 240 g/mol. The maximum absolute atomic E-state index is 10.2. The number of hydrogen-bond acceptors (Lipinski definition) is 4. The maximum atomic E-state index is 10.2. The number of benzene rings is 1. The topological polar surface area (TPSA) is 55.2 Å². The average molecular weight is 256 g/mol. The van der Waals surface area contributed by atoms with Crippen LogP contribution in [0.2, 0.25) is 0 Å². The lowest BCUT2D eigenvalue weighted by molar-refractivity contribution is 0.214. The van der Waals surface area contributed by atoms with Gasteiger partial charge in [-0.15, -0.1) is 0 Å². The number of hydrogen-bond donors (Lipinski definition) is 1. The predicted molar refractivity (Wildman–Crippen MR) is 70.9 cm³/mol. The quantitative estimate of drug-likeness (QED) is 0.912. The van der Waals surface area contributed by atoms with E-state index in [1.807, 2.05) is 31.2 Å². The van der Waals surface area contributed by atoms with Gasteiger partial charge in [0.25, 0.3) is 0 Å². The van der Waals surface area contributed by atoms with Crippen molar-refractivity contribution >= 4 is 0 Å². The molecule has 1 aliphatic carbocycles. The van der Waals surface area contributed by atoms with Gasteiger partial charge in [0, 0.05) is 6.20 Å². The van der Waals surface area contributed by atoms with Gasteiger partial charge >= 0.3 is 0 Å². The van der Waals surface area contributed by atoms with Gasteiger partial charge in [-0.25, -0.2) is 0 Å². The van der Waals surface area contributed by atoms with Crippen LogP contribution >= 0.6 is 0 Å². The molecule has 1 unspecified atom stereocenters. The van der Waals surface area contributed by atoms with Crippen LogP contribution in [0.15, 0.2) is 36.7 Å². The fourth-order valence-electron chi connectivity index (χ4n) is 1.82. The van der Waals surface area contributed by atoms with Crippen LogP contribution in [0, 0.1) is 6.92 Å². The summed E-state index contributed by atoms with van der Waals surface area (Å²) in [6.07, 6.45) is 5.19. The van der Waals surface area contributed by atoms with Crippen LogP contribution in [-0.4, -0.2) is 21.2 Å². The largest absolute Gasteiger partial charge is 0.490 e. The van der Waals surface area contributed by atoms with Crippen molar-refractivity contribution < 1.29 is 9.84 Å². The Balaban J connectivity index is 1.75. The van der Waals surface area contributed by atoms with Gasteiger partial charge in [-0.2, -0.15) is 0 Å². The molecule has 1 atom stereocenters. The lowest BCUT2D eigenvalue weighted by atomic mass is 10.1. The number of nitrogens with zero attached hydrogens (tertiary/aromatic N) is 2. The van der Waals surface area contributed by atoms with E-state index in [9.17, 15) is 5.11 Å². The summed E-state index contributed by atoms with van der Waals surface area (Å²) in [7, 11) is 0. The lowest BCUT2D eigenvalue weighted by Gasteiger charge is -2.11. The molecule has 2 aromatic rings. The van der Waals surface area contributed by atoms with Gasteiger partial charge < -0.3 is 9.84 Å². The second-order valence-electron chi connectivity index (χ2n) is 4.87. The van der Waals surface area contributed by atoms with Crippen LogP contribution in [0.25, 0.3) is 0 Å². The first-order chi connectivity index (χ1) is 9.22. The first-order valence-corrected chi connectivity index (χ1v) is 6.45. The Bertz CT molecular complexity index is 547. The molecule has 1 aromatic carbocycles. The highest BCUT2D eigenvalue weighted by atomic mass is 16.5. The zero-order valence-corrected chi connectivity index (χ0v) is 10.8. The molecule has 1 aromatic heterocycles. The van der Waals surface area contributed by atoms with Gasteiger partial charge in [0.05, 0.1) is 23.7 Å². The fourth-order valence-corrected chi connectivity index (χ4v) is 1.82. The Hall–Kier alpha value is -1.94. The number of ether oxygens (including phenoxy) is 1. The van der Waals surface area contributed by atoms with E-state index in [-0.39, 0.29) is 0 Å². The number of aliphatic hydroxyl groups excluding tert-OH is 1. The molecule has 98 valence electrons. The van der Waals surface area contributed by atoms with Crippen LogP contribution in [-0.2, 0) is 0 Å². The third-order valence-electron chi connectivity index (χ3n) is 3.10. The van der Waals surface area contributed by atoms with Crippen molar-refractivity contribution in [3.8, 4) is 5.75 Å². The minimum absolute atomic E-state index is 0.388. The van der Waals surface area contributed by atoms with E-state index in [2.05, 4.69) is 9.97 Å². The smallest absolute Gasteiger partial charge is 0.123 e. The summed E-state index contributed by atoms with van der Waals surface area (Å²) in [5, 5.41) is 10.2. The molecule has 0 bridgehead atoms. The third-order valence-corrected chi connectivity index (χ3v) is 3.10. The molecule has 4 nitrogen and oxygen atoms in total. The summed E-state index contributed by atoms with van der Waals surface area (Å²) in [5.41, 5.74) is 2.19.